The molecule has 2 rings (SSSR count). The fraction of sp³-hybridized carbons (Fsp3) is 0.455. The van der Waals surface area contributed by atoms with E-state index in [1.165, 1.54) is 6.07 Å². The standard InChI is InChI=1S/C11H13ClFNO/c12-8-1-2-10(13)11(7-8)14-9-3-5-15-6-4-9/h1-2,7,9,14H,3-6H2. The van der Waals surface area contributed by atoms with Crippen molar-refractivity contribution >= 4 is 17.3 Å². The summed E-state index contributed by atoms with van der Waals surface area (Å²) in [6, 6.07) is 4.83. The molecule has 1 aromatic rings. The first kappa shape index (κ1) is 10.7. The Morgan fingerprint density at radius 1 is 1.33 bits per heavy atom. The number of ether oxygens (including phenoxy) is 1. The van der Waals surface area contributed by atoms with Gasteiger partial charge in [0.05, 0.1) is 5.69 Å². The van der Waals surface area contributed by atoms with E-state index in [2.05, 4.69) is 5.32 Å². The molecule has 0 radical (unpaired) electrons. The van der Waals surface area contributed by atoms with E-state index in [-0.39, 0.29) is 11.9 Å². The fourth-order valence-electron chi connectivity index (χ4n) is 1.67. The maximum atomic E-state index is 13.4. The van der Waals surface area contributed by atoms with Crippen molar-refractivity contribution in [2.45, 2.75) is 18.9 Å². The second-order valence-corrected chi connectivity index (χ2v) is 4.09. The van der Waals surface area contributed by atoms with Gasteiger partial charge in [-0.2, -0.15) is 0 Å². The maximum absolute atomic E-state index is 13.4. The average molecular weight is 230 g/mol. The fourth-order valence-corrected chi connectivity index (χ4v) is 1.84. The lowest BCUT2D eigenvalue weighted by atomic mass is 10.1. The number of hydrogen-bond donors (Lipinski definition) is 1. The van der Waals surface area contributed by atoms with Crippen LogP contribution >= 0.6 is 11.6 Å². The zero-order chi connectivity index (χ0) is 10.7. The molecular weight excluding hydrogens is 217 g/mol. The zero-order valence-electron chi connectivity index (χ0n) is 8.30. The first-order chi connectivity index (χ1) is 7.25. The molecule has 0 saturated carbocycles. The van der Waals surface area contributed by atoms with Crippen molar-refractivity contribution in [3.05, 3.63) is 29.0 Å². The van der Waals surface area contributed by atoms with Crippen LogP contribution in [-0.2, 0) is 4.74 Å². The van der Waals surface area contributed by atoms with Gasteiger partial charge in [-0.1, -0.05) is 11.6 Å². The monoisotopic (exact) mass is 229 g/mol. The number of benzene rings is 1. The van der Waals surface area contributed by atoms with Gasteiger partial charge >= 0.3 is 0 Å². The van der Waals surface area contributed by atoms with Crippen LogP contribution in [0.5, 0.6) is 0 Å². The smallest absolute Gasteiger partial charge is 0.146 e. The van der Waals surface area contributed by atoms with Crippen LogP contribution in [0.1, 0.15) is 12.8 Å². The summed E-state index contributed by atoms with van der Waals surface area (Å²) in [7, 11) is 0. The molecule has 0 aromatic heterocycles. The van der Waals surface area contributed by atoms with Crippen molar-refractivity contribution in [1.82, 2.24) is 0 Å². The minimum atomic E-state index is -0.258. The molecule has 1 aliphatic heterocycles. The molecule has 1 aromatic carbocycles. The summed E-state index contributed by atoms with van der Waals surface area (Å²) in [6.45, 7) is 1.47. The van der Waals surface area contributed by atoms with Crippen LogP contribution in [0.2, 0.25) is 5.02 Å². The summed E-state index contributed by atoms with van der Waals surface area (Å²) >= 11 is 5.80. The molecule has 82 valence electrons. The van der Waals surface area contributed by atoms with Crippen molar-refractivity contribution < 1.29 is 9.13 Å². The minimum absolute atomic E-state index is 0.258. The number of rotatable bonds is 2. The van der Waals surface area contributed by atoms with Crippen molar-refractivity contribution in [2.75, 3.05) is 18.5 Å². The molecule has 15 heavy (non-hydrogen) atoms. The van der Waals surface area contributed by atoms with Crippen molar-refractivity contribution in [1.29, 1.82) is 0 Å². The summed E-state index contributed by atoms with van der Waals surface area (Å²) in [5.41, 5.74) is 0.481. The third-order valence-corrected chi connectivity index (χ3v) is 2.74. The first-order valence-corrected chi connectivity index (χ1v) is 5.43. The van der Waals surface area contributed by atoms with Crippen LogP contribution in [0.15, 0.2) is 18.2 Å². The van der Waals surface area contributed by atoms with Gasteiger partial charge in [-0.15, -0.1) is 0 Å². The van der Waals surface area contributed by atoms with Gasteiger partial charge in [0.25, 0.3) is 0 Å². The van der Waals surface area contributed by atoms with Gasteiger partial charge in [-0.25, -0.2) is 4.39 Å². The molecule has 0 unspecified atom stereocenters. The van der Waals surface area contributed by atoms with Gasteiger partial charge in [0.2, 0.25) is 0 Å². The predicted octanol–water partition coefficient (Wildman–Crippen LogP) is 3.07. The van der Waals surface area contributed by atoms with Gasteiger partial charge in [-0.05, 0) is 31.0 Å². The van der Waals surface area contributed by atoms with Gasteiger partial charge in [0.1, 0.15) is 5.82 Å². The highest BCUT2D eigenvalue weighted by Crippen LogP contribution is 2.22. The van der Waals surface area contributed by atoms with Crippen molar-refractivity contribution in [2.24, 2.45) is 0 Å². The molecule has 0 amide bonds. The third kappa shape index (κ3) is 2.83. The molecule has 1 fully saturated rings. The summed E-state index contributed by atoms with van der Waals surface area (Å²) in [5, 5.41) is 3.70. The largest absolute Gasteiger partial charge is 0.381 e. The maximum Gasteiger partial charge on any atom is 0.146 e. The molecule has 4 heteroatoms. The van der Waals surface area contributed by atoms with E-state index in [0.29, 0.717) is 10.7 Å². The second-order valence-electron chi connectivity index (χ2n) is 3.66. The predicted molar refractivity (Wildman–Crippen MR) is 58.9 cm³/mol. The average Bonchev–Trinajstić information content (AvgIpc) is 2.25. The van der Waals surface area contributed by atoms with Gasteiger partial charge < -0.3 is 10.1 Å². The molecule has 1 aliphatic rings. The molecule has 1 heterocycles. The first-order valence-electron chi connectivity index (χ1n) is 5.05. The number of hydrogen-bond acceptors (Lipinski definition) is 2. The van der Waals surface area contributed by atoms with Crippen LogP contribution in [0.4, 0.5) is 10.1 Å². The SMILES string of the molecule is Fc1ccc(Cl)cc1NC1CCOCC1. The summed E-state index contributed by atoms with van der Waals surface area (Å²) in [6.07, 6.45) is 1.82. The topological polar surface area (TPSA) is 21.3 Å². The summed E-state index contributed by atoms with van der Waals surface area (Å²) < 4.78 is 18.6. The summed E-state index contributed by atoms with van der Waals surface area (Å²) in [4.78, 5) is 0. The molecular formula is C11H13ClFNO. The van der Waals surface area contributed by atoms with Gasteiger partial charge in [-0.3, -0.25) is 0 Å². The Morgan fingerprint density at radius 3 is 2.80 bits per heavy atom. The Morgan fingerprint density at radius 2 is 2.07 bits per heavy atom. The molecule has 0 atom stereocenters. The van der Waals surface area contributed by atoms with E-state index in [1.807, 2.05) is 0 Å². The van der Waals surface area contributed by atoms with E-state index in [9.17, 15) is 4.39 Å². The lowest BCUT2D eigenvalue weighted by molar-refractivity contribution is 0.0904. The lowest BCUT2D eigenvalue weighted by Gasteiger charge is -2.24. The normalized spacial score (nSPS) is 17.7. The van der Waals surface area contributed by atoms with Crippen molar-refractivity contribution in [3.63, 3.8) is 0 Å². The van der Waals surface area contributed by atoms with Crippen LogP contribution in [0.3, 0.4) is 0 Å². The Bertz CT molecular complexity index is 339. The van der Waals surface area contributed by atoms with E-state index in [4.69, 9.17) is 16.3 Å². The highest BCUT2D eigenvalue weighted by molar-refractivity contribution is 6.30. The van der Waals surface area contributed by atoms with Gasteiger partial charge in [0, 0.05) is 24.3 Å². The Kier molecular flexibility index (Phi) is 3.44. The van der Waals surface area contributed by atoms with E-state index >= 15 is 0 Å². The molecule has 0 bridgehead atoms. The van der Waals surface area contributed by atoms with E-state index in [0.717, 1.165) is 26.1 Å². The van der Waals surface area contributed by atoms with Crippen LogP contribution < -0.4 is 5.32 Å². The number of anilines is 1. The van der Waals surface area contributed by atoms with Crippen LogP contribution in [-0.4, -0.2) is 19.3 Å². The molecule has 0 spiro atoms. The third-order valence-electron chi connectivity index (χ3n) is 2.51. The van der Waals surface area contributed by atoms with Crippen LogP contribution in [0, 0.1) is 5.82 Å². The number of nitrogens with one attached hydrogen (secondary N) is 1. The summed E-state index contributed by atoms with van der Waals surface area (Å²) in [5.74, 6) is -0.258. The second kappa shape index (κ2) is 4.81. The molecule has 0 aliphatic carbocycles. The molecule has 1 N–H and O–H groups in total. The van der Waals surface area contributed by atoms with E-state index in [1.54, 1.807) is 12.1 Å². The molecule has 1 saturated heterocycles. The Balaban J connectivity index is 2.05. The van der Waals surface area contributed by atoms with E-state index < -0.39 is 0 Å². The van der Waals surface area contributed by atoms with Crippen molar-refractivity contribution in [3.8, 4) is 0 Å². The lowest BCUT2D eigenvalue weighted by Crippen LogP contribution is -2.28. The Labute approximate surface area is 93.4 Å². The Hall–Kier alpha value is -0.800. The minimum Gasteiger partial charge on any atom is -0.381 e. The number of halogens is 2. The highest BCUT2D eigenvalue weighted by Gasteiger charge is 2.14. The zero-order valence-corrected chi connectivity index (χ0v) is 9.06. The molecule has 2 nitrogen and oxygen atoms in total. The highest BCUT2D eigenvalue weighted by atomic mass is 35.5. The quantitative estimate of drug-likeness (QED) is 0.842. The van der Waals surface area contributed by atoms with Crippen LogP contribution in [0.25, 0.3) is 0 Å². The van der Waals surface area contributed by atoms with Gasteiger partial charge in [0.15, 0.2) is 0 Å².